The van der Waals surface area contributed by atoms with Crippen molar-refractivity contribution in [3.8, 4) is 12.3 Å². The highest BCUT2D eigenvalue weighted by molar-refractivity contribution is 5.40. The van der Waals surface area contributed by atoms with Crippen molar-refractivity contribution in [2.75, 3.05) is 6.61 Å². The number of terminal acetylenes is 1. The number of benzene rings is 1. The molecule has 1 heterocycles. The zero-order valence-electron chi connectivity index (χ0n) is 11.1. The van der Waals surface area contributed by atoms with Gasteiger partial charge in [0.2, 0.25) is 0 Å². The van der Waals surface area contributed by atoms with Gasteiger partial charge < -0.3 is 25.2 Å². The van der Waals surface area contributed by atoms with E-state index in [0.29, 0.717) is 11.1 Å². The molecule has 5 heteroatoms. The molecule has 0 bridgehead atoms. The number of rotatable bonds is 2. The molecule has 1 aromatic carbocycles. The number of ether oxygens (including phenoxy) is 1. The summed E-state index contributed by atoms with van der Waals surface area (Å²) in [6.45, 7) is 1.38. The van der Waals surface area contributed by atoms with E-state index in [1.54, 1.807) is 18.2 Å². The average Bonchev–Trinajstić information content (AvgIpc) is 2.46. The standard InChI is InChI=1S/C15H18O5/c1-3-9-4-5-10(8(2)6-9)15-14(19)13(18)12(17)11(7-16)20-15/h1,4-6,11-19H,7H2,2H3. The molecule has 20 heavy (non-hydrogen) atoms. The summed E-state index contributed by atoms with van der Waals surface area (Å²) in [5.41, 5.74) is 2.18. The molecule has 1 aliphatic heterocycles. The number of aliphatic hydroxyl groups excluding tert-OH is 4. The number of aryl methyl sites for hydroxylation is 1. The van der Waals surface area contributed by atoms with Crippen molar-refractivity contribution in [1.82, 2.24) is 0 Å². The molecular weight excluding hydrogens is 260 g/mol. The highest BCUT2D eigenvalue weighted by Crippen LogP contribution is 2.34. The van der Waals surface area contributed by atoms with E-state index in [1.165, 1.54) is 0 Å². The van der Waals surface area contributed by atoms with Crippen LogP contribution in [0, 0.1) is 19.3 Å². The maximum Gasteiger partial charge on any atom is 0.113 e. The predicted molar refractivity (Wildman–Crippen MR) is 71.8 cm³/mol. The first-order valence-electron chi connectivity index (χ1n) is 6.37. The Kier molecular flexibility index (Phi) is 4.43. The Balaban J connectivity index is 2.34. The van der Waals surface area contributed by atoms with Crippen molar-refractivity contribution in [1.29, 1.82) is 0 Å². The fourth-order valence-corrected chi connectivity index (χ4v) is 2.44. The number of hydrogen-bond acceptors (Lipinski definition) is 5. The van der Waals surface area contributed by atoms with Crippen molar-refractivity contribution >= 4 is 0 Å². The van der Waals surface area contributed by atoms with Crippen LogP contribution in [0.15, 0.2) is 18.2 Å². The van der Waals surface area contributed by atoms with Crippen LogP contribution in [0.2, 0.25) is 0 Å². The van der Waals surface area contributed by atoms with Crippen LogP contribution in [-0.4, -0.2) is 51.4 Å². The van der Waals surface area contributed by atoms with E-state index >= 15 is 0 Å². The molecule has 5 atom stereocenters. The molecular formula is C15H18O5. The van der Waals surface area contributed by atoms with E-state index in [1.807, 2.05) is 6.92 Å². The first-order chi connectivity index (χ1) is 9.49. The van der Waals surface area contributed by atoms with Crippen molar-refractivity contribution in [2.24, 2.45) is 0 Å². The zero-order chi connectivity index (χ0) is 14.9. The minimum Gasteiger partial charge on any atom is -0.394 e. The molecule has 1 aliphatic rings. The third kappa shape index (κ3) is 2.57. The normalized spacial score (nSPS) is 33.7. The molecule has 1 saturated heterocycles. The molecule has 0 aliphatic carbocycles. The Morgan fingerprint density at radius 1 is 1.20 bits per heavy atom. The first-order valence-corrected chi connectivity index (χ1v) is 6.37. The van der Waals surface area contributed by atoms with Crippen LogP contribution in [-0.2, 0) is 4.74 Å². The second-order valence-corrected chi connectivity index (χ2v) is 4.97. The highest BCUT2D eigenvalue weighted by atomic mass is 16.5. The van der Waals surface area contributed by atoms with Crippen LogP contribution < -0.4 is 0 Å². The highest BCUT2D eigenvalue weighted by Gasteiger charge is 2.44. The molecule has 5 nitrogen and oxygen atoms in total. The summed E-state index contributed by atoms with van der Waals surface area (Å²) in [5, 5.41) is 38.8. The molecule has 1 aromatic rings. The smallest absolute Gasteiger partial charge is 0.113 e. The van der Waals surface area contributed by atoms with Gasteiger partial charge >= 0.3 is 0 Å². The van der Waals surface area contributed by atoms with E-state index < -0.39 is 37.1 Å². The summed E-state index contributed by atoms with van der Waals surface area (Å²) < 4.78 is 5.51. The SMILES string of the molecule is C#Cc1ccc(C2OC(CO)C(O)C(O)C2O)c(C)c1. The summed E-state index contributed by atoms with van der Waals surface area (Å²) in [5.74, 6) is 2.51. The van der Waals surface area contributed by atoms with Crippen LogP contribution in [0.1, 0.15) is 22.8 Å². The van der Waals surface area contributed by atoms with Gasteiger partial charge in [0.1, 0.15) is 30.5 Å². The van der Waals surface area contributed by atoms with E-state index in [0.717, 1.165) is 5.56 Å². The largest absolute Gasteiger partial charge is 0.394 e. The first kappa shape index (κ1) is 15.0. The summed E-state index contributed by atoms with van der Waals surface area (Å²) in [6.07, 6.45) is -0.415. The molecule has 108 valence electrons. The van der Waals surface area contributed by atoms with Crippen LogP contribution >= 0.6 is 0 Å². The minimum atomic E-state index is -1.38. The Bertz CT molecular complexity index is 519. The van der Waals surface area contributed by atoms with Gasteiger partial charge in [0, 0.05) is 5.56 Å². The van der Waals surface area contributed by atoms with Crippen molar-refractivity contribution < 1.29 is 25.2 Å². The van der Waals surface area contributed by atoms with Gasteiger partial charge in [0.25, 0.3) is 0 Å². The monoisotopic (exact) mass is 278 g/mol. The Morgan fingerprint density at radius 3 is 2.45 bits per heavy atom. The van der Waals surface area contributed by atoms with Gasteiger partial charge in [-0.25, -0.2) is 0 Å². The van der Waals surface area contributed by atoms with E-state index in [-0.39, 0.29) is 0 Å². The fraction of sp³-hybridized carbons (Fsp3) is 0.467. The molecule has 4 N–H and O–H groups in total. The lowest BCUT2D eigenvalue weighted by atomic mass is 9.89. The lowest BCUT2D eigenvalue weighted by Crippen LogP contribution is -2.55. The van der Waals surface area contributed by atoms with Gasteiger partial charge in [-0.2, -0.15) is 0 Å². The molecule has 0 aromatic heterocycles. The minimum absolute atomic E-state index is 0.442. The molecule has 2 rings (SSSR count). The van der Waals surface area contributed by atoms with Crippen LogP contribution in [0.5, 0.6) is 0 Å². The van der Waals surface area contributed by atoms with Crippen molar-refractivity contribution in [2.45, 2.75) is 37.4 Å². The Hall–Kier alpha value is -1.42. The Labute approximate surface area is 117 Å². The summed E-state index contributed by atoms with van der Waals surface area (Å²) in [6, 6.07) is 5.21. The molecule has 5 unspecified atom stereocenters. The van der Waals surface area contributed by atoms with Gasteiger partial charge in [-0.1, -0.05) is 12.0 Å². The van der Waals surface area contributed by atoms with Crippen LogP contribution in [0.3, 0.4) is 0 Å². The molecule has 0 amide bonds. The van der Waals surface area contributed by atoms with Gasteiger partial charge in [-0.3, -0.25) is 0 Å². The van der Waals surface area contributed by atoms with E-state index in [9.17, 15) is 20.4 Å². The second kappa shape index (κ2) is 5.92. The molecule has 0 saturated carbocycles. The summed E-state index contributed by atoms with van der Waals surface area (Å²) in [7, 11) is 0. The van der Waals surface area contributed by atoms with Crippen molar-refractivity contribution in [3.63, 3.8) is 0 Å². The average molecular weight is 278 g/mol. The third-order valence-corrected chi connectivity index (χ3v) is 3.64. The molecule has 0 radical (unpaired) electrons. The number of aliphatic hydroxyl groups is 4. The lowest BCUT2D eigenvalue weighted by molar-refractivity contribution is -0.231. The van der Waals surface area contributed by atoms with Gasteiger partial charge in [-0.15, -0.1) is 6.42 Å². The fourth-order valence-electron chi connectivity index (χ4n) is 2.44. The van der Waals surface area contributed by atoms with E-state index in [2.05, 4.69) is 5.92 Å². The van der Waals surface area contributed by atoms with Crippen molar-refractivity contribution in [3.05, 3.63) is 34.9 Å². The summed E-state index contributed by atoms with van der Waals surface area (Å²) in [4.78, 5) is 0. The van der Waals surface area contributed by atoms with Gasteiger partial charge in [0.15, 0.2) is 0 Å². The second-order valence-electron chi connectivity index (χ2n) is 4.97. The van der Waals surface area contributed by atoms with E-state index in [4.69, 9.17) is 11.2 Å². The van der Waals surface area contributed by atoms with Crippen LogP contribution in [0.25, 0.3) is 0 Å². The topological polar surface area (TPSA) is 90.2 Å². The Morgan fingerprint density at radius 2 is 1.90 bits per heavy atom. The maximum atomic E-state index is 10.1. The maximum absolute atomic E-state index is 10.1. The molecule has 1 fully saturated rings. The molecule has 0 spiro atoms. The summed E-state index contributed by atoms with van der Waals surface area (Å²) >= 11 is 0. The number of hydrogen-bond donors (Lipinski definition) is 4. The zero-order valence-corrected chi connectivity index (χ0v) is 11.1. The third-order valence-electron chi connectivity index (χ3n) is 3.64. The quantitative estimate of drug-likeness (QED) is 0.547. The van der Waals surface area contributed by atoms with Crippen LogP contribution in [0.4, 0.5) is 0 Å². The predicted octanol–water partition coefficient (Wildman–Crippen LogP) is -0.509. The lowest BCUT2D eigenvalue weighted by Gasteiger charge is -2.40. The van der Waals surface area contributed by atoms with Gasteiger partial charge in [0.05, 0.1) is 6.61 Å². The van der Waals surface area contributed by atoms with Gasteiger partial charge in [-0.05, 0) is 30.2 Å².